The second-order valence-corrected chi connectivity index (χ2v) is 6.19. The number of aromatic nitrogens is 1. The molecule has 1 aliphatic rings. The van der Waals surface area contributed by atoms with Crippen molar-refractivity contribution in [2.45, 2.75) is 0 Å². The number of nitrogens with zero attached hydrogens (tertiary/aromatic N) is 2. The molecule has 1 aliphatic heterocycles. The van der Waals surface area contributed by atoms with Crippen molar-refractivity contribution >= 4 is 46.0 Å². The van der Waals surface area contributed by atoms with E-state index in [0.717, 1.165) is 5.69 Å². The minimum atomic E-state index is -0.464. The fourth-order valence-electron chi connectivity index (χ4n) is 2.07. The third-order valence-corrected chi connectivity index (χ3v) is 4.45. The van der Waals surface area contributed by atoms with Crippen LogP contribution in [0.15, 0.2) is 47.5 Å². The molecule has 1 aromatic heterocycles. The van der Waals surface area contributed by atoms with E-state index < -0.39 is 5.82 Å². The van der Waals surface area contributed by atoms with Gasteiger partial charge in [0.2, 0.25) is 0 Å². The number of thiocarbonyl (C=S) groups is 1. The zero-order chi connectivity index (χ0) is 15.0. The molecular weight excluding hydrogens is 307 g/mol. The number of aryl methyl sites for hydroxylation is 1. The van der Waals surface area contributed by atoms with E-state index in [1.165, 1.54) is 22.7 Å². The standard InChI is InChI=1S/C15H11FN2OS2/c1-17-8-4-5-10(17)9-13-14(19)18(15(20)21-13)12-7-3-2-6-11(12)16/h2-9H,1H3/b13-9-. The molecule has 0 bridgehead atoms. The first-order valence-corrected chi connectivity index (χ1v) is 7.44. The molecule has 0 atom stereocenters. The Morgan fingerprint density at radius 3 is 2.67 bits per heavy atom. The van der Waals surface area contributed by atoms with Crippen molar-refractivity contribution < 1.29 is 9.18 Å². The molecule has 0 saturated carbocycles. The number of hydrogen-bond donors (Lipinski definition) is 0. The van der Waals surface area contributed by atoms with Gasteiger partial charge in [-0.2, -0.15) is 0 Å². The second-order valence-electron chi connectivity index (χ2n) is 4.51. The summed E-state index contributed by atoms with van der Waals surface area (Å²) in [4.78, 5) is 14.2. The van der Waals surface area contributed by atoms with Gasteiger partial charge >= 0.3 is 0 Å². The molecule has 2 aromatic rings. The van der Waals surface area contributed by atoms with Gasteiger partial charge in [-0.3, -0.25) is 9.69 Å². The summed E-state index contributed by atoms with van der Waals surface area (Å²) in [5.74, 6) is -0.759. The third kappa shape index (κ3) is 2.52. The molecular formula is C15H11FN2OS2. The molecule has 1 saturated heterocycles. The number of para-hydroxylation sites is 1. The quantitative estimate of drug-likeness (QED) is 0.625. The zero-order valence-corrected chi connectivity index (χ0v) is 12.7. The van der Waals surface area contributed by atoms with E-state index in [1.54, 1.807) is 24.3 Å². The number of amides is 1. The molecule has 21 heavy (non-hydrogen) atoms. The van der Waals surface area contributed by atoms with Crippen molar-refractivity contribution in [2.75, 3.05) is 4.90 Å². The maximum atomic E-state index is 13.9. The molecule has 3 rings (SSSR count). The van der Waals surface area contributed by atoms with Crippen LogP contribution in [-0.4, -0.2) is 14.8 Å². The summed E-state index contributed by atoms with van der Waals surface area (Å²) in [6, 6.07) is 9.91. The lowest BCUT2D eigenvalue weighted by molar-refractivity contribution is -0.113. The van der Waals surface area contributed by atoms with Gasteiger partial charge in [-0.1, -0.05) is 36.1 Å². The van der Waals surface area contributed by atoms with Crippen LogP contribution in [0.1, 0.15) is 5.69 Å². The van der Waals surface area contributed by atoms with Crippen LogP contribution in [0.5, 0.6) is 0 Å². The molecule has 6 heteroatoms. The summed E-state index contributed by atoms with van der Waals surface area (Å²) in [7, 11) is 1.89. The van der Waals surface area contributed by atoms with Crippen LogP contribution in [0.2, 0.25) is 0 Å². The number of hydrogen-bond acceptors (Lipinski definition) is 3. The molecule has 2 heterocycles. The van der Waals surface area contributed by atoms with E-state index in [1.807, 2.05) is 29.9 Å². The van der Waals surface area contributed by atoms with Crippen LogP contribution in [0.4, 0.5) is 10.1 Å². The van der Waals surface area contributed by atoms with Gasteiger partial charge in [0, 0.05) is 18.9 Å². The first-order valence-electron chi connectivity index (χ1n) is 6.22. The molecule has 0 unspecified atom stereocenters. The molecule has 0 spiro atoms. The number of carbonyl (C=O) groups excluding carboxylic acids is 1. The van der Waals surface area contributed by atoms with Crippen molar-refractivity contribution in [1.29, 1.82) is 0 Å². The molecule has 0 radical (unpaired) electrons. The minimum Gasteiger partial charge on any atom is -0.351 e. The Morgan fingerprint density at radius 2 is 2.00 bits per heavy atom. The monoisotopic (exact) mass is 318 g/mol. The lowest BCUT2D eigenvalue weighted by Gasteiger charge is -2.14. The van der Waals surface area contributed by atoms with Crippen LogP contribution in [0.3, 0.4) is 0 Å². The average molecular weight is 318 g/mol. The van der Waals surface area contributed by atoms with Crippen LogP contribution < -0.4 is 4.90 Å². The van der Waals surface area contributed by atoms with Crippen molar-refractivity contribution in [1.82, 2.24) is 4.57 Å². The van der Waals surface area contributed by atoms with Gasteiger partial charge in [0.15, 0.2) is 4.32 Å². The lowest BCUT2D eigenvalue weighted by atomic mass is 10.2. The number of carbonyl (C=O) groups is 1. The second kappa shape index (κ2) is 5.46. The number of halogens is 1. The Hall–Kier alpha value is -1.92. The van der Waals surface area contributed by atoms with E-state index in [2.05, 4.69) is 0 Å². The highest BCUT2D eigenvalue weighted by Crippen LogP contribution is 2.36. The third-order valence-electron chi connectivity index (χ3n) is 3.15. The highest BCUT2D eigenvalue weighted by atomic mass is 32.2. The molecule has 0 aliphatic carbocycles. The zero-order valence-electron chi connectivity index (χ0n) is 11.1. The van der Waals surface area contributed by atoms with E-state index >= 15 is 0 Å². The van der Waals surface area contributed by atoms with Crippen LogP contribution in [0, 0.1) is 5.82 Å². The van der Waals surface area contributed by atoms with E-state index in [4.69, 9.17) is 12.2 Å². The summed E-state index contributed by atoms with van der Waals surface area (Å²) in [6.07, 6.45) is 3.66. The predicted octanol–water partition coefficient (Wildman–Crippen LogP) is 3.57. The number of benzene rings is 1. The van der Waals surface area contributed by atoms with Gasteiger partial charge in [0.25, 0.3) is 5.91 Å². The normalized spacial score (nSPS) is 17.0. The average Bonchev–Trinajstić information content (AvgIpc) is 2.97. The van der Waals surface area contributed by atoms with Gasteiger partial charge < -0.3 is 4.57 Å². The molecule has 106 valence electrons. The van der Waals surface area contributed by atoms with Crippen molar-refractivity contribution in [3.8, 4) is 0 Å². The number of rotatable bonds is 2. The highest BCUT2D eigenvalue weighted by Gasteiger charge is 2.34. The maximum Gasteiger partial charge on any atom is 0.270 e. The van der Waals surface area contributed by atoms with Gasteiger partial charge in [0.05, 0.1) is 10.6 Å². The van der Waals surface area contributed by atoms with Gasteiger partial charge in [-0.05, 0) is 30.3 Å². The Bertz CT molecular complexity index is 767. The summed E-state index contributed by atoms with van der Waals surface area (Å²) in [5.41, 5.74) is 1.08. The molecule has 1 aromatic carbocycles. The fraction of sp³-hybridized carbons (Fsp3) is 0.0667. The van der Waals surface area contributed by atoms with E-state index in [0.29, 0.717) is 9.23 Å². The largest absolute Gasteiger partial charge is 0.351 e. The lowest BCUT2D eigenvalue weighted by Crippen LogP contribution is -2.28. The molecule has 1 fully saturated rings. The van der Waals surface area contributed by atoms with E-state index in [-0.39, 0.29) is 11.6 Å². The summed E-state index contributed by atoms with van der Waals surface area (Å²) in [6.45, 7) is 0. The van der Waals surface area contributed by atoms with Crippen molar-refractivity contribution in [3.05, 3.63) is 59.0 Å². The Morgan fingerprint density at radius 1 is 1.24 bits per heavy atom. The van der Waals surface area contributed by atoms with Crippen LogP contribution in [-0.2, 0) is 11.8 Å². The Labute approximate surface area is 131 Å². The van der Waals surface area contributed by atoms with Crippen molar-refractivity contribution in [3.63, 3.8) is 0 Å². The van der Waals surface area contributed by atoms with Gasteiger partial charge in [0.1, 0.15) is 5.82 Å². The number of anilines is 1. The predicted molar refractivity (Wildman–Crippen MR) is 87.5 cm³/mol. The van der Waals surface area contributed by atoms with Gasteiger partial charge in [-0.15, -0.1) is 0 Å². The highest BCUT2D eigenvalue weighted by molar-refractivity contribution is 8.27. The van der Waals surface area contributed by atoms with Crippen LogP contribution >= 0.6 is 24.0 Å². The van der Waals surface area contributed by atoms with Crippen molar-refractivity contribution in [2.24, 2.45) is 7.05 Å². The molecule has 0 N–H and O–H groups in total. The van der Waals surface area contributed by atoms with Gasteiger partial charge in [-0.25, -0.2) is 4.39 Å². The van der Waals surface area contributed by atoms with Crippen LogP contribution in [0.25, 0.3) is 6.08 Å². The summed E-state index contributed by atoms with van der Waals surface area (Å²) < 4.78 is 16.1. The SMILES string of the molecule is Cn1cccc1/C=C1\SC(=S)N(c2ccccc2F)C1=O. The molecule has 3 nitrogen and oxygen atoms in total. The topological polar surface area (TPSA) is 25.2 Å². The first-order chi connectivity index (χ1) is 10.1. The summed E-state index contributed by atoms with van der Waals surface area (Å²) in [5, 5.41) is 0. The number of thioether (sulfide) groups is 1. The first kappa shape index (κ1) is 14.0. The smallest absolute Gasteiger partial charge is 0.270 e. The minimum absolute atomic E-state index is 0.190. The Balaban J connectivity index is 1.99. The molecule has 1 amide bonds. The summed E-state index contributed by atoms with van der Waals surface area (Å²) >= 11 is 6.40. The maximum absolute atomic E-state index is 13.9. The van der Waals surface area contributed by atoms with E-state index in [9.17, 15) is 9.18 Å². The Kier molecular flexibility index (Phi) is 3.65. The fourth-order valence-corrected chi connectivity index (χ4v) is 3.34.